The van der Waals surface area contributed by atoms with Crippen LogP contribution in [0.1, 0.15) is 114 Å². The average Bonchev–Trinajstić information content (AvgIpc) is 1.50. The molecule has 9 rings (SSSR count). The van der Waals surface area contributed by atoms with Crippen LogP contribution in [-0.2, 0) is 48.0 Å². The van der Waals surface area contributed by atoms with Crippen LogP contribution in [0.5, 0.6) is 0 Å². The summed E-state index contributed by atoms with van der Waals surface area (Å²) >= 11 is 18.8. The standard InChI is InChI=1S/C70H79Cl3N12O6.ClH/c1-40-55(52-28-19-46(71)34-61(52)77-40)37-64(86)83-58(10-4-7-31-74)68(89)80-49-22-13-43(14-23-49)67(44-15-24-50(25-16-44)81-69(90)59(11-5-8-32-75)84-65(87)38-56-41(2)78-62-35-47(72)20-29-53(56)62)45-17-26-51(27-18-45)82-70(91)60(12-6-9-33-76)85-66(88)39-57-42(3)79-63-36-48(73)21-30-54(57)63;/h13-30,34-36,58-60,67,77-79H,4-12,31-33,37-39,74-76H2,1-3H3,(H,80,89)(H,81,90)(H,82,91)(H,83,86)(H,84,87)(H,85,88);1H/t58-,59-,60-;/m1./s1. The van der Waals surface area contributed by atoms with Gasteiger partial charge in [-0.15, -0.1) is 12.4 Å². The van der Waals surface area contributed by atoms with E-state index in [-0.39, 0.29) is 67.1 Å². The third kappa shape index (κ3) is 18.1. The number of aromatic nitrogens is 3. The number of amides is 6. The number of nitrogens with one attached hydrogen (secondary N) is 9. The molecule has 22 heteroatoms. The monoisotopic (exact) mass is 1320 g/mol. The van der Waals surface area contributed by atoms with Crippen molar-refractivity contribution in [2.24, 2.45) is 17.2 Å². The zero-order valence-corrected chi connectivity index (χ0v) is 54.8. The number of fused-ring (bicyclic) bond motifs is 3. The Kier molecular flexibility index (Phi) is 24.9. The lowest BCUT2D eigenvalue weighted by atomic mass is 9.85. The molecule has 15 N–H and O–H groups in total. The van der Waals surface area contributed by atoms with Crippen LogP contribution in [-0.4, -0.2) is 88.2 Å². The molecule has 3 aromatic heterocycles. The molecule has 3 heterocycles. The van der Waals surface area contributed by atoms with Crippen LogP contribution in [0, 0.1) is 20.8 Å². The molecule has 0 fully saturated rings. The lowest BCUT2D eigenvalue weighted by Gasteiger charge is -2.22. The van der Waals surface area contributed by atoms with E-state index in [1.54, 1.807) is 18.2 Å². The molecule has 18 nitrogen and oxygen atoms in total. The lowest BCUT2D eigenvalue weighted by molar-refractivity contribution is -0.126. The second kappa shape index (κ2) is 32.9. The Hall–Kier alpha value is -8.20. The number of anilines is 3. The Morgan fingerprint density at radius 2 is 0.652 bits per heavy atom. The third-order valence-electron chi connectivity index (χ3n) is 16.6. The maximum atomic E-state index is 14.1. The van der Waals surface area contributed by atoms with Crippen molar-refractivity contribution in [1.29, 1.82) is 0 Å². The topological polar surface area (TPSA) is 300 Å². The predicted molar refractivity (Wildman–Crippen MR) is 373 cm³/mol. The molecule has 0 aliphatic rings. The molecule has 0 radical (unpaired) electrons. The molecule has 0 aliphatic heterocycles. The quantitative estimate of drug-likeness (QED) is 0.0150. The Labute approximate surface area is 556 Å². The number of benzene rings is 6. The van der Waals surface area contributed by atoms with Crippen LogP contribution in [0.3, 0.4) is 0 Å². The highest BCUT2D eigenvalue weighted by atomic mass is 35.5. The summed E-state index contributed by atoms with van der Waals surface area (Å²) in [6.07, 6.45) is 5.18. The minimum absolute atomic E-state index is 0. The number of H-pyrrole nitrogens is 3. The summed E-state index contributed by atoms with van der Waals surface area (Å²) in [6, 6.07) is 36.3. The van der Waals surface area contributed by atoms with Crippen LogP contribution in [0.25, 0.3) is 32.7 Å². The summed E-state index contributed by atoms with van der Waals surface area (Å²) in [6.45, 7) is 7.03. The van der Waals surface area contributed by atoms with Gasteiger partial charge in [0.2, 0.25) is 35.4 Å². The number of rotatable bonds is 30. The summed E-state index contributed by atoms with van der Waals surface area (Å²) in [7, 11) is 0. The molecule has 3 atom stereocenters. The van der Waals surface area contributed by atoms with Gasteiger partial charge in [0.15, 0.2) is 0 Å². The van der Waals surface area contributed by atoms with Gasteiger partial charge in [-0.2, -0.15) is 0 Å². The number of aromatic amines is 3. The molecule has 0 saturated heterocycles. The van der Waals surface area contributed by atoms with Crippen LogP contribution in [0.2, 0.25) is 15.1 Å². The van der Waals surface area contributed by atoms with Gasteiger partial charge in [0.1, 0.15) is 18.1 Å². The van der Waals surface area contributed by atoms with Crippen molar-refractivity contribution >= 4 is 132 Å². The number of nitrogens with two attached hydrogens (primary N) is 3. The van der Waals surface area contributed by atoms with Crippen molar-refractivity contribution in [3.05, 3.63) is 193 Å². The molecule has 0 spiro atoms. The zero-order chi connectivity index (χ0) is 64.7. The Bertz CT molecular complexity index is 3640. The van der Waals surface area contributed by atoms with Crippen molar-refractivity contribution in [3.8, 4) is 0 Å². The molecule has 484 valence electrons. The number of hydrogen-bond donors (Lipinski definition) is 12. The smallest absolute Gasteiger partial charge is 0.246 e. The summed E-state index contributed by atoms with van der Waals surface area (Å²) in [4.78, 5) is 93.4. The first-order valence-electron chi connectivity index (χ1n) is 30.9. The van der Waals surface area contributed by atoms with E-state index in [4.69, 9.17) is 52.0 Å². The third-order valence-corrected chi connectivity index (χ3v) is 17.3. The van der Waals surface area contributed by atoms with Crippen molar-refractivity contribution in [2.45, 2.75) is 122 Å². The summed E-state index contributed by atoms with van der Waals surface area (Å²) in [5, 5.41) is 22.4. The van der Waals surface area contributed by atoms with Crippen molar-refractivity contribution < 1.29 is 28.8 Å². The first kappa shape index (κ1) is 69.7. The van der Waals surface area contributed by atoms with Gasteiger partial charge in [0.05, 0.1) is 19.3 Å². The van der Waals surface area contributed by atoms with Gasteiger partial charge < -0.3 is 64.1 Å². The van der Waals surface area contributed by atoms with Crippen LogP contribution in [0.4, 0.5) is 17.1 Å². The zero-order valence-electron chi connectivity index (χ0n) is 51.8. The Morgan fingerprint density at radius 3 is 0.902 bits per heavy atom. The van der Waals surface area contributed by atoms with E-state index in [9.17, 15) is 28.8 Å². The molecule has 9 aromatic rings. The van der Waals surface area contributed by atoms with Gasteiger partial charge in [-0.3, -0.25) is 28.8 Å². The number of unbranched alkanes of at least 4 members (excludes halogenated alkanes) is 3. The molecule has 0 aliphatic carbocycles. The highest BCUT2D eigenvalue weighted by Gasteiger charge is 2.27. The fraction of sp³-hybridized carbons (Fsp3) is 0.314. The number of carbonyl (C=O) groups excluding carboxylic acids is 6. The first-order chi connectivity index (χ1) is 43.9. The lowest BCUT2D eigenvalue weighted by Crippen LogP contribution is -2.44. The highest BCUT2D eigenvalue weighted by molar-refractivity contribution is 6.32. The Balaban J connectivity index is 0.0000109. The van der Waals surface area contributed by atoms with Gasteiger partial charge in [0, 0.05) is 87.8 Å². The van der Waals surface area contributed by atoms with Crippen LogP contribution < -0.4 is 49.1 Å². The number of hydrogen-bond acceptors (Lipinski definition) is 9. The fourth-order valence-corrected chi connectivity index (χ4v) is 12.3. The van der Waals surface area contributed by atoms with E-state index >= 15 is 0 Å². The van der Waals surface area contributed by atoms with Gasteiger partial charge in [0.25, 0.3) is 0 Å². The second-order valence-corrected chi connectivity index (χ2v) is 24.6. The SMILES string of the molecule is Cc1[nH]c2cc(Cl)ccc2c1CC(=O)N[C@H](CCCCN)C(=O)Nc1ccc(C(c2ccc(NC(=O)[C@@H](CCCCN)NC(=O)Cc3c(C)[nH]c4cc(Cl)ccc34)cc2)c2ccc(NC(=O)[C@@H](CCCCN)NC(=O)Cc3c(C)[nH]c4cc(Cl)ccc34)cc2)cc1.Cl. The number of aryl methyl sites for hydroxylation is 3. The van der Waals surface area contributed by atoms with E-state index < -0.39 is 24.0 Å². The molecular formula is C70H80Cl4N12O6. The van der Waals surface area contributed by atoms with Crippen LogP contribution in [0.15, 0.2) is 127 Å². The molecule has 6 amide bonds. The average molecular weight is 1330 g/mol. The summed E-state index contributed by atoms with van der Waals surface area (Å²) in [5.74, 6) is -2.45. The highest BCUT2D eigenvalue weighted by Crippen LogP contribution is 2.35. The Morgan fingerprint density at radius 1 is 0.391 bits per heavy atom. The normalized spacial score (nSPS) is 12.3. The van der Waals surface area contributed by atoms with Gasteiger partial charge in [-0.05, 0) is 204 Å². The van der Waals surface area contributed by atoms with Crippen LogP contribution >= 0.6 is 47.2 Å². The van der Waals surface area contributed by atoms with E-state index in [2.05, 4.69) is 46.9 Å². The van der Waals surface area contributed by atoms with Gasteiger partial charge in [-0.25, -0.2) is 0 Å². The molecular weight excluding hydrogens is 1250 g/mol. The predicted octanol–water partition coefficient (Wildman–Crippen LogP) is 12.0. The molecule has 6 aromatic carbocycles. The molecule has 92 heavy (non-hydrogen) atoms. The van der Waals surface area contributed by atoms with Crippen molar-refractivity contribution in [3.63, 3.8) is 0 Å². The summed E-state index contributed by atoms with van der Waals surface area (Å²) < 4.78 is 0. The maximum absolute atomic E-state index is 14.1. The largest absolute Gasteiger partial charge is 0.358 e. The summed E-state index contributed by atoms with van der Waals surface area (Å²) in [5.41, 5.74) is 29.1. The number of halogens is 4. The van der Waals surface area contributed by atoms with Gasteiger partial charge in [-0.1, -0.05) is 89.4 Å². The molecule has 0 bridgehead atoms. The van der Waals surface area contributed by atoms with E-state index in [1.807, 2.05) is 130 Å². The molecule has 0 unspecified atom stereocenters. The maximum Gasteiger partial charge on any atom is 0.246 e. The van der Waals surface area contributed by atoms with E-state index in [0.29, 0.717) is 110 Å². The van der Waals surface area contributed by atoms with E-state index in [1.165, 1.54) is 0 Å². The van der Waals surface area contributed by atoms with Gasteiger partial charge >= 0.3 is 0 Å². The first-order valence-corrected chi connectivity index (χ1v) is 32.0. The fourth-order valence-electron chi connectivity index (χ4n) is 11.8. The van der Waals surface area contributed by atoms with Crippen molar-refractivity contribution in [2.75, 3.05) is 35.6 Å². The van der Waals surface area contributed by atoms with E-state index in [0.717, 1.165) is 83.2 Å². The van der Waals surface area contributed by atoms with Crippen molar-refractivity contribution in [1.82, 2.24) is 30.9 Å². The molecule has 0 saturated carbocycles. The second-order valence-electron chi connectivity index (χ2n) is 23.3. The minimum Gasteiger partial charge on any atom is -0.358 e. The number of carbonyl (C=O) groups is 6. The minimum atomic E-state index is -0.843.